The lowest BCUT2D eigenvalue weighted by Gasteiger charge is -2.13. The van der Waals surface area contributed by atoms with Crippen molar-refractivity contribution in [1.82, 2.24) is 4.90 Å². The lowest BCUT2D eigenvalue weighted by atomic mass is 10.2. The first-order chi connectivity index (χ1) is 9.59. The van der Waals surface area contributed by atoms with Crippen LogP contribution in [0, 0.1) is 0 Å². The highest BCUT2D eigenvalue weighted by Gasteiger charge is 1.99. The van der Waals surface area contributed by atoms with Crippen LogP contribution in [0.25, 0.3) is 0 Å². The van der Waals surface area contributed by atoms with Gasteiger partial charge in [-0.15, -0.1) is 0 Å². The van der Waals surface area contributed by atoms with E-state index in [-0.39, 0.29) is 0 Å². The molecular formula is C13H29NO6S. The molecule has 0 saturated carbocycles. The molecule has 0 atom stereocenters. The molecular weight excluding hydrogens is 298 g/mol. The molecule has 0 rings (SSSR count). The molecule has 0 bridgehead atoms. The molecule has 0 aromatic heterocycles. The van der Waals surface area contributed by atoms with Crippen LogP contribution in [0.15, 0.2) is 12.2 Å². The maximum Gasteiger partial charge on any atom is 0.397 e. The van der Waals surface area contributed by atoms with E-state index >= 15 is 0 Å². The Morgan fingerprint density at radius 2 is 1.48 bits per heavy atom. The number of nitrogens with zero attached hydrogens (tertiary/aromatic N) is 1. The zero-order chi connectivity index (χ0) is 17.5. The van der Waals surface area contributed by atoms with Crippen LogP contribution < -0.4 is 0 Å². The molecule has 0 amide bonds. The highest BCUT2D eigenvalue weighted by Crippen LogP contribution is 1.99. The summed E-state index contributed by atoms with van der Waals surface area (Å²) in [7, 11) is -3.29. The monoisotopic (exact) mass is 327 g/mol. The third-order valence-corrected chi connectivity index (χ3v) is 2.83. The second kappa shape index (κ2) is 15.4. The highest BCUT2D eigenvalue weighted by atomic mass is 32.3. The molecule has 21 heavy (non-hydrogen) atoms. The van der Waals surface area contributed by atoms with Crippen molar-refractivity contribution in [1.29, 1.82) is 0 Å². The Bertz CT molecular complexity index is 357. The minimum absolute atomic E-state index is 0.299. The number of carbonyl (C=O) groups is 1. The van der Waals surface area contributed by atoms with Crippen LogP contribution in [-0.4, -0.2) is 55.7 Å². The van der Waals surface area contributed by atoms with Crippen LogP contribution in [0.3, 0.4) is 0 Å². The second-order valence-corrected chi connectivity index (χ2v) is 5.06. The Balaban J connectivity index is -0.000000234. The quantitative estimate of drug-likeness (QED) is 0.545. The SMILES string of the molecule is C=C(CCC)C(=O)O.CCN(CC)CC.COS(=O)(=O)O. The van der Waals surface area contributed by atoms with Gasteiger partial charge in [0, 0.05) is 5.57 Å². The molecule has 0 aliphatic heterocycles. The lowest BCUT2D eigenvalue weighted by molar-refractivity contribution is -0.132. The molecule has 0 aliphatic carbocycles. The van der Waals surface area contributed by atoms with E-state index in [4.69, 9.17) is 9.66 Å². The van der Waals surface area contributed by atoms with Gasteiger partial charge in [-0.3, -0.25) is 8.74 Å². The largest absolute Gasteiger partial charge is 0.478 e. The van der Waals surface area contributed by atoms with Gasteiger partial charge in [0.1, 0.15) is 0 Å². The van der Waals surface area contributed by atoms with E-state index in [0.29, 0.717) is 12.0 Å². The number of hydrogen-bond donors (Lipinski definition) is 2. The third-order valence-electron chi connectivity index (χ3n) is 2.41. The molecule has 0 saturated heterocycles. The molecule has 2 N–H and O–H groups in total. The molecule has 0 aliphatic rings. The fraction of sp³-hybridized carbons (Fsp3) is 0.769. The molecule has 0 aromatic rings. The van der Waals surface area contributed by atoms with Crippen LogP contribution in [-0.2, 0) is 19.4 Å². The summed E-state index contributed by atoms with van der Waals surface area (Å²) < 4.78 is 29.7. The Labute approximate surface area is 128 Å². The number of hydrogen-bond acceptors (Lipinski definition) is 5. The van der Waals surface area contributed by atoms with Gasteiger partial charge >= 0.3 is 16.4 Å². The van der Waals surface area contributed by atoms with Crippen molar-refractivity contribution in [2.24, 2.45) is 0 Å². The van der Waals surface area contributed by atoms with Crippen LogP contribution in [0.2, 0.25) is 0 Å². The summed E-state index contributed by atoms with van der Waals surface area (Å²) in [6.45, 7) is 15.4. The van der Waals surface area contributed by atoms with E-state index in [0.717, 1.165) is 13.5 Å². The second-order valence-electron chi connectivity index (χ2n) is 3.87. The predicted octanol–water partition coefficient (Wildman–Crippen LogP) is 2.21. The van der Waals surface area contributed by atoms with Gasteiger partial charge in [0.05, 0.1) is 7.11 Å². The first kappa shape index (κ1) is 25.0. The first-order valence-corrected chi connectivity index (χ1v) is 8.12. The molecule has 7 nitrogen and oxygen atoms in total. The van der Waals surface area contributed by atoms with E-state index in [1.807, 2.05) is 6.92 Å². The number of rotatable bonds is 7. The Kier molecular flexibility index (Phi) is 18.4. The molecule has 0 spiro atoms. The Morgan fingerprint density at radius 3 is 1.52 bits per heavy atom. The number of carboxylic acids is 1. The zero-order valence-electron chi connectivity index (χ0n) is 13.6. The van der Waals surface area contributed by atoms with Gasteiger partial charge in [-0.05, 0) is 26.1 Å². The van der Waals surface area contributed by atoms with Crippen molar-refractivity contribution in [3.8, 4) is 0 Å². The predicted molar refractivity (Wildman–Crippen MR) is 83.7 cm³/mol. The molecule has 0 unspecified atom stereocenters. The van der Waals surface area contributed by atoms with Crippen molar-refractivity contribution in [2.75, 3.05) is 26.7 Å². The smallest absolute Gasteiger partial charge is 0.397 e. The molecule has 0 aromatic carbocycles. The summed E-state index contributed by atoms with van der Waals surface area (Å²) in [5, 5.41) is 8.21. The number of carboxylic acid groups (broad SMARTS) is 1. The lowest BCUT2D eigenvalue weighted by Crippen LogP contribution is -2.21. The summed E-state index contributed by atoms with van der Waals surface area (Å²) in [5.41, 5.74) is 0.299. The Morgan fingerprint density at radius 1 is 1.14 bits per heavy atom. The average Bonchev–Trinajstić information content (AvgIpc) is 2.41. The summed E-state index contributed by atoms with van der Waals surface area (Å²) >= 11 is 0. The van der Waals surface area contributed by atoms with Gasteiger partial charge in [-0.2, -0.15) is 8.42 Å². The number of aliphatic carboxylic acids is 1. The maximum atomic E-state index is 9.99. The van der Waals surface area contributed by atoms with Gasteiger partial charge in [0.2, 0.25) is 0 Å². The molecule has 128 valence electrons. The molecule has 0 fully saturated rings. The topological polar surface area (TPSA) is 104 Å². The standard InChI is InChI=1S/C6H15N.C6H10O2.CH4O4S/c1-4-7(5-2)6-3;1-3-4-5(2)6(7)8;1-5-6(2,3)4/h4-6H2,1-3H3;2-4H2,1H3,(H,7,8);1H3,(H,2,3,4). The van der Waals surface area contributed by atoms with E-state index in [2.05, 4.69) is 36.4 Å². The summed E-state index contributed by atoms with van der Waals surface area (Å²) in [5.74, 6) is -0.883. The minimum atomic E-state index is -4.16. The molecule has 0 heterocycles. The van der Waals surface area contributed by atoms with Gasteiger partial charge in [-0.25, -0.2) is 4.79 Å². The van der Waals surface area contributed by atoms with Crippen LogP contribution in [0.5, 0.6) is 0 Å². The summed E-state index contributed by atoms with van der Waals surface area (Å²) in [6.07, 6.45) is 1.44. The van der Waals surface area contributed by atoms with Gasteiger partial charge < -0.3 is 10.0 Å². The van der Waals surface area contributed by atoms with E-state index in [9.17, 15) is 13.2 Å². The van der Waals surface area contributed by atoms with Crippen molar-refractivity contribution in [3.63, 3.8) is 0 Å². The van der Waals surface area contributed by atoms with Crippen LogP contribution >= 0.6 is 0 Å². The normalized spacial score (nSPS) is 10.0. The van der Waals surface area contributed by atoms with Crippen molar-refractivity contribution in [2.45, 2.75) is 40.5 Å². The highest BCUT2D eigenvalue weighted by molar-refractivity contribution is 7.80. The van der Waals surface area contributed by atoms with Crippen molar-refractivity contribution in [3.05, 3.63) is 12.2 Å². The summed E-state index contributed by atoms with van der Waals surface area (Å²) in [4.78, 5) is 12.4. The van der Waals surface area contributed by atoms with Gasteiger partial charge in [0.25, 0.3) is 0 Å². The minimum Gasteiger partial charge on any atom is -0.478 e. The van der Waals surface area contributed by atoms with E-state index in [1.54, 1.807) is 0 Å². The summed E-state index contributed by atoms with van der Waals surface area (Å²) in [6, 6.07) is 0. The zero-order valence-corrected chi connectivity index (χ0v) is 14.4. The molecule has 0 radical (unpaired) electrons. The average molecular weight is 327 g/mol. The van der Waals surface area contributed by atoms with Gasteiger partial charge in [0.15, 0.2) is 0 Å². The molecule has 8 heteroatoms. The van der Waals surface area contributed by atoms with E-state index in [1.165, 1.54) is 19.6 Å². The van der Waals surface area contributed by atoms with Gasteiger partial charge in [-0.1, -0.05) is 40.7 Å². The maximum absolute atomic E-state index is 9.99. The third kappa shape index (κ3) is 24.4. The first-order valence-electron chi connectivity index (χ1n) is 6.75. The van der Waals surface area contributed by atoms with Crippen LogP contribution in [0.4, 0.5) is 0 Å². The fourth-order valence-electron chi connectivity index (χ4n) is 1.08. The Hall–Kier alpha value is -0.960. The van der Waals surface area contributed by atoms with E-state index < -0.39 is 16.4 Å². The van der Waals surface area contributed by atoms with Crippen LogP contribution in [0.1, 0.15) is 40.5 Å². The fourth-order valence-corrected chi connectivity index (χ4v) is 1.08. The van der Waals surface area contributed by atoms with Crippen molar-refractivity contribution < 1.29 is 27.1 Å². The van der Waals surface area contributed by atoms with Crippen molar-refractivity contribution >= 4 is 16.4 Å².